The molecule has 0 aliphatic carbocycles. The summed E-state index contributed by atoms with van der Waals surface area (Å²) < 4.78 is 0. The third-order valence-corrected chi connectivity index (χ3v) is 6.06. The smallest absolute Gasteiger partial charge is 0.262 e. The van der Waals surface area contributed by atoms with E-state index in [0.29, 0.717) is 23.0 Å². The second kappa shape index (κ2) is 5.96. The lowest BCUT2D eigenvalue weighted by Crippen LogP contribution is -2.26. The first-order valence-electron chi connectivity index (χ1n) is 8.80. The third kappa shape index (κ3) is 2.43. The summed E-state index contributed by atoms with van der Waals surface area (Å²) in [5.41, 5.74) is 10.1. The number of fused-ring (bicyclic) bond motifs is 2. The van der Waals surface area contributed by atoms with Gasteiger partial charge in [-0.05, 0) is 61.0 Å². The van der Waals surface area contributed by atoms with Gasteiger partial charge in [-0.15, -0.1) is 11.3 Å². The van der Waals surface area contributed by atoms with Crippen LogP contribution < -0.4 is 16.6 Å². The number of H-pyrrole nitrogens is 2. The van der Waals surface area contributed by atoms with E-state index in [0.717, 1.165) is 47.2 Å². The van der Waals surface area contributed by atoms with Crippen LogP contribution in [0.15, 0.2) is 34.4 Å². The minimum absolute atomic E-state index is 0.213. The van der Waals surface area contributed by atoms with Crippen molar-refractivity contribution in [3.63, 3.8) is 0 Å². The molecule has 4 heterocycles. The molecule has 1 fully saturated rings. The fourth-order valence-electron chi connectivity index (χ4n) is 3.83. The Kier molecular flexibility index (Phi) is 3.58. The standard InChI is InChI=1S/C19H19N5OS/c20-16-12-5-8-26-19(12)24-18(25)15(16)17-22-13-2-1-11(9-14(13)23-17)10-3-6-21-7-4-10/h1-2,5,8-10,21H,3-4,6-7H2,(H,22,23)(H3,20,24,25). The van der Waals surface area contributed by atoms with E-state index in [-0.39, 0.29) is 5.56 Å². The molecule has 0 atom stereocenters. The third-order valence-electron chi connectivity index (χ3n) is 5.23. The van der Waals surface area contributed by atoms with Gasteiger partial charge in [-0.2, -0.15) is 0 Å². The molecule has 0 saturated carbocycles. The van der Waals surface area contributed by atoms with Crippen molar-refractivity contribution < 1.29 is 0 Å². The van der Waals surface area contributed by atoms with Crippen molar-refractivity contribution in [2.45, 2.75) is 18.8 Å². The summed E-state index contributed by atoms with van der Waals surface area (Å²) in [4.78, 5) is 24.2. The van der Waals surface area contributed by atoms with Gasteiger partial charge in [0.2, 0.25) is 0 Å². The summed E-state index contributed by atoms with van der Waals surface area (Å²) in [6.07, 6.45) is 2.29. The monoisotopic (exact) mass is 365 g/mol. The van der Waals surface area contributed by atoms with Gasteiger partial charge in [0.1, 0.15) is 16.2 Å². The quantitative estimate of drug-likeness (QED) is 0.438. The predicted octanol–water partition coefficient (Wildman–Crippen LogP) is 3.18. The zero-order valence-corrected chi connectivity index (χ0v) is 15.0. The number of piperidine rings is 1. The molecule has 132 valence electrons. The van der Waals surface area contributed by atoms with Crippen molar-refractivity contribution >= 4 is 38.3 Å². The maximum atomic E-state index is 12.5. The van der Waals surface area contributed by atoms with Crippen molar-refractivity contribution in [2.24, 2.45) is 0 Å². The Bertz CT molecular complexity index is 1170. The molecule has 0 bridgehead atoms. The molecule has 5 N–H and O–H groups in total. The molecule has 7 heteroatoms. The Balaban J connectivity index is 1.63. The lowest BCUT2D eigenvalue weighted by atomic mass is 9.90. The molecule has 5 rings (SSSR count). The molecular formula is C19H19N5OS. The number of imidazole rings is 1. The molecule has 0 spiro atoms. The Morgan fingerprint density at radius 3 is 2.85 bits per heavy atom. The van der Waals surface area contributed by atoms with Gasteiger partial charge in [0.15, 0.2) is 0 Å². The second-order valence-corrected chi connectivity index (χ2v) is 7.71. The van der Waals surface area contributed by atoms with Gasteiger partial charge < -0.3 is 21.0 Å². The van der Waals surface area contributed by atoms with Crippen LogP contribution in [0.25, 0.3) is 32.6 Å². The molecule has 1 saturated heterocycles. The van der Waals surface area contributed by atoms with E-state index < -0.39 is 0 Å². The highest BCUT2D eigenvalue weighted by Gasteiger charge is 2.19. The van der Waals surface area contributed by atoms with E-state index in [4.69, 9.17) is 5.73 Å². The number of nitrogens with one attached hydrogen (secondary N) is 3. The number of nitrogen functional groups attached to an aromatic ring is 1. The van der Waals surface area contributed by atoms with Crippen molar-refractivity contribution in [1.29, 1.82) is 0 Å². The van der Waals surface area contributed by atoms with Gasteiger partial charge in [-0.25, -0.2) is 4.98 Å². The highest BCUT2D eigenvalue weighted by atomic mass is 32.1. The Morgan fingerprint density at radius 1 is 1.15 bits per heavy atom. The number of nitrogens with two attached hydrogens (primary N) is 1. The number of nitrogens with zero attached hydrogens (tertiary/aromatic N) is 1. The summed E-state index contributed by atoms with van der Waals surface area (Å²) in [7, 11) is 0. The van der Waals surface area contributed by atoms with Gasteiger partial charge in [0.25, 0.3) is 5.56 Å². The zero-order chi connectivity index (χ0) is 17.7. The van der Waals surface area contributed by atoms with E-state index in [1.807, 2.05) is 17.5 Å². The van der Waals surface area contributed by atoms with Gasteiger partial charge in [-0.1, -0.05) is 6.07 Å². The molecule has 26 heavy (non-hydrogen) atoms. The average molecular weight is 365 g/mol. The highest BCUT2D eigenvalue weighted by molar-refractivity contribution is 7.16. The minimum atomic E-state index is -0.213. The number of benzene rings is 1. The number of rotatable bonds is 2. The molecule has 1 aliphatic heterocycles. The summed E-state index contributed by atoms with van der Waals surface area (Å²) in [5, 5.41) is 6.18. The fourth-order valence-corrected chi connectivity index (χ4v) is 4.63. The molecule has 6 nitrogen and oxygen atoms in total. The summed E-state index contributed by atoms with van der Waals surface area (Å²) in [6.45, 7) is 2.12. The largest absolute Gasteiger partial charge is 0.397 e. The lowest BCUT2D eigenvalue weighted by Gasteiger charge is -2.22. The van der Waals surface area contributed by atoms with Crippen LogP contribution in [-0.2, 0) is 0 Å². The second-order valence-electron chi connectivity index (χ2n) is 6.79. The van der Waals surface area contributed by atoms with E-state index in [2.05, 4.69) is 32.4 Å². The molecule has 1 aromatic carbocycles. The van der Waals surface area contributed by atoms with Crippen LogP contribution >= 0.6 is 11.3 Å². The summed E-state index contributed by atoms with van der Waals surface area (Å²) >= 11 is 1.47. The first-order chi connectivity index (χ1) is 12.7. The van der Waals surface area contributed by atoms with Crippen LogP contribution in [0.5, 0.6) is 0 Å². The molecule has 0 radical (unpaired) electrons. The van der Waals surface area contributed by atoms with E-state index in [1.165, 1.54) is 16.9 Å². The normalized spacial score (nSPS) is 15.8. The molecule has 0 unspecified atom stereocenters. The van der Waals surface area contributed by atoms with Gasteiger partial charge in [0.05, 0.1) is 16.7 Å². The van der Waals surface area contributed by atoms with Crippen molar-refractivity contribution in [1.82, 2.24) is 20.3 Å². The van der Waals surface area contributed by atoms with Crippen molar-refractivity contribution in [2.75, 3.05) is 18.8 Å². The number of hydrogen-bond donors (Lipinski definition) is 4. The lowest BCUT2D eigenvalue weighted by molar-refractivity contribution is 0.460. The van der Waals surface area contributed by atoms with Crippen LogP contribution in [0.4, 0.5) is 5.69 Å². The van der Waals surface area contributed by atoms with Crippen LogP contribution in [-0.4, -0.2) is 28.0 Å². The predicted molar refractivity (Wildman–Crippen MR) is 107 cm³/mol. The molecule has 3 aromatic heterocycles. The van der Waals surface area contributed by atoms with Crippen LogP contribution in [0.1, 0.15) is 24.3 Å². The minimum Gasteiger partial charge on any atom is -0.397 e. The van der Waals surface area contributed by atoms with Gasteiger partial charge >= 0.3 is 0 Å². The van der Waals surface area contributed by atoms with Crippen molar-refractivity contribution in [3.8, 4) is 11.4 Å². The Hall–Kier alpha value is -2.64. The van der Waals surface area contributed by atoms with E-state index in [1.54, 1.807) is 0 Å². The topological polar surface area (TPSA) is 99.6 Å². The SMILES string of the molecule is Nc1c(-c2nc3ccc(C4CCNCC4)cc3[nH]2)c(=O)[nH]c2sccc12. The highest BCUT2D eigenvalue weighted by Crippen LogP contribution is 2.32. The van der Waals surface area contributed by atoms with E-state index >= 15 is 0 Å². The van der Waals surface area contributed by atoms with E-state index in [9.17, 15) is 4.79 Å². The average Bonchev–Trinajstić information content (AvgIpc) is 3.28. The van der Waals surface area contributed by atoms with Crippen LogP contribution in [0.3, 0.4) is 0 Å². The van der Waals surface area contributed by atoms with Gasteiger partial charge in [0, 0.05) is 5.39 Å². The number of anilines is 1. The number of aromatic nitrogens is 3. The fraction of sp³-hybridized carbons (Fsp3) is 0.263. The summed E-state index contributed by atoms with van der Waals surface area (Å²) in [5.74, 6) is 1.09. The molecule has 1 aliphatic rings. The molecule has 0 amide bonds. The molecular weight excluding hydrogens is 346 g/mol. The number of aromatic amines is 2. The first-order valence-corrected chi connectivity index (χ1v) is 9.68. The number of hydrogen-bond acceptors (Lipinski definition) is 5. The number of thiophene rings is 1. The Morgan fingerprint density at radius 2 is 2.00 bits per heavy atom. The number of pyridine rings is 1. The van der Waals surface area contributed by atoms with Gasteiger partial charge in [-0.3, -0.25) is 4.79 Å². The Labute approximate surface area is 153 Å². The maximum Gasteiger partial charge on any atom is 0.262 e. The van der Waals surface area contributed by atoms with Crippen LogP contribution in [0.2, 0.25) is 0 Å². The van der Waals surface area contributed by atoms with Crippen molar-refractivity contribution in [3.05, 3.63) is 45.6 Å². The maximum absolute atomic E-state index is 12.5. The first kappa shape index (κ1) is 15.6. The molecule has 4 aromatic rings. The van der Waals surface area contributed by atoms with Crippen LogP contribution in [0, 0.1) is 0 Å². The zero-order valence-electron chi connectivity index (χ0n) is 14.1. The summed E-state index contributed by atoms with van der Waals surface area (Å²) in [6, 6.07) is 8.26.